The smallest absolute Gasteiger partial charge is 1.00 e. The number of hydrogen-bond donors (Lipinski definition) is 1. The molecule has 1 amide bonds. The Morgan fingerprint density at radius 2 is 0.952 bits per heavy atom. The number of unbranched alkanes of at least 4 members (excludes halogenated alkanes) is 14. The normalized spacial score (nSPS) is 10.3. The van der Waals surface area contributed by atoms with E-state index >= 15 is 0 Å². The molecule has 0 aromatic rings. The number of nitrogens with two attached hydrogens (primary N) is 1. The molecule has 3 heteroatoms. The molecule has 0 radical (unpaired) electrons. The van der Waals surface area contributed by atoms with Crippen molar-refractivity contribution in [3.63, 3.8) is 0 Å². The first kappa shape index (κ1) is 23.7. The number of primary amides is 1. The molecule has 122 valence electrons. The van der Waals surface area contributed by atoms with Gasteiger partial charge >= 0.3 is 29.6 Å². The Kier molecular flexibility index (Phi) is 23.1. The molecule has 0 aromatic carbocycles. The molecular formula is C18H38NNaO. The molecule has 2 N–H and O–H groups in total. The maximum atomic E-state index is 10.6. The van der Waals surface area contributed by atoms with Crippen molar-refractivity contribution in [1.82, 2.24) is 0 Å². The van der Waals surface area contributed by atoms with E-state index in [0.29, 0.717) is 6.42 Å². The van der Waals surface area contributed by atoms with Crippen LogP contribution in [0.2, 0.25) is 0 Å². The standard InChI is InChI=1S/C18H37NO.Na.H/c1-2-3-4-5-6-7-8-9-10-11-12-13-14-15-16-17-18(19)20;;/h2-17H2,1H3,(H2,19,20);;/q;+1;-1. The molecular weight excluding hydrogens is 269 g/mol. The van der Waals surface area contributed by atoms with Gasteiger partial charge in [0.25, 0.3) is 0 Å². The quantitative estimate of drug-likeness (QED) is 0.346. The minimum absolute atomic E-state index is 0. The summed E-state index contributed by atoms with van der Waals surface area (Å²) in [6.45, 7) is 2.28. The third-order valence-electron chi connectivity index (χ3n) is 4.03. The van der Waals surface area contributed by atoms with E-state index in [1.54, 1.807) is 0 Å². The summed E-state index contributed by atoms with van der Waals surface area (Å²) in [5.41, 5.74) is 5.11. The van der Waals surface area contributed by atoms with Gasteiger partial charge in [-0.3, -0.25) is 4.79 Å². The van der Waals surface area contributed by atoms with Crippen LogP contribution in [0.3, 0.4) is 0 Å². The number of carbonyl (C=O) groups excluding carboxylic acids is 1. The van der Waals surface area contributed by atoms with Crippen molar-refractivity contribution in [3.05, 3.63) is 0 Å². The molecule has 0 unspecified atom stereocenters. The third kappa shape index (κ3) is 22.9. The summed E-state index contributed by atoms with van der Waals surface area (Å²) in [5, 5.41) is 0. The van der Waals surface area contributed by atoms with E-state index in [1.165, 1.54) is 89.9 Å². The molecule has 0 heterocycles. The van der Waals surface area contributed by atoms with Gasteiger partial charge in [-0.05, 0) is 6.42 Å². The maximum Gasteiger partial charge on any atom is 1.00 e. The van der Waals surface area contributed by atoms with Gasteiger partial charge in [0.1, 0.15) is 0 Å². The van der Waals surface area contributed by atoms with Crippen LogP contribution in [0, 0.1) is 0 Å². The summed E-state index contributed by atoms with van der Waals surface area (Å²) in [7, 11) is 0. The molecule has 0 aliphatic rings. The molecule has 2 nitrogen and oxygen atoms in total. The van der Waals surface area contributed by atoms with Gasteiger partial charge in [-0.1, -0.05) is 96.8 Å². The Hall–Kier alpha value is 0.470. The minimum atomic E-state index is -0.153. The van der Waals surface area contributed by atoms with E-state index in [2.05, 4.69) is 6.92 Å². The molecule has 0 bridgehead atoms. The average molecular weight is 307 g/mol. The first-order valence-corrected chi connectivity index (χ1v) is 9.05. The van der Waals surface area contributed by atoms with Gasteiger partial charge in [0.2, 0.25) is 5.91 Å². The van der Waals surface area contributed by atoms with Crippen molar-refractivity contribution in [1.29, 1.82) is 0 Å². The van der Waals surface area contributed by atoms with Crippen molar-refractivity contribution in [2.24, 2.45) is 5.73 Å². The van der Waals surface area contributed by atoms with Crippen LogP contribution in [0.25, 0.3) is 0 Å². The topological polar surface area (TPSA) is 43.1 Å². The largest absolute Gasteiger partial charge is 1.00 e. The van der Waals surface area contributed by atoms with Crippen molar-refractivity contribution < 1.29 is 35.8 Å². The molecule has 0 saturated carbocycles. The van der Waals surface area contributed by atoms with Crippen LogP contribution >= 0.6 is 0 Å². The molecule has 0 atom stereocenters. The van der Waals surface area contributed by atoms with Gasteiger partial charge in [0, 0.05) is 6.42 Å². The van der Waals surface area contributed by atoms with E-state index in [4.69, 9.17) is 5.73 Å². The maximum absolute atomic E-state index is 10.6. The molecule has 0 aromatic heterocycles. The monoisotopic (exact) mass is 307 g/mol. The predicted octanol–water partition coefficient (Wildman–Crippen LogP) is 2.85. The first-order chi connectivity index (χ1) is 9.77. The van der Waals surface area contributed by atoms with E-state index < -0.39 is 0 Å². The Morgan fingerprint density at radius 3 is 1.24 bits per heavy atom. The van der Waals surface area contributed by atoms with Crippen molar-refractivity contribution in [2.75, 3.05) is 0 Å². The van der Waals surface area contributed by atoms with Crippen molar-refractivity contribution in [2.45, 2.75) is 110 Å². The predicted molar refractivity (Wildman–Crippen MR) is 89.9 cm³/mol. The molecule has 0 rings (SSSR count). The second-order valence-electron chi connectivity index (χ2n) is 6.17. The van der Waals surface area contributed by atoms with Crippen LogP contribution in [-0.2, 0) is 4.79 Å². The second-order valence-corrected chi connectivity index (χ2v) is 6.17. The molecule has 0 fully saturated rings. The fraction of sp³-hybridized carbons (Fsp3) is 0.944. The second kappa shape index (κ2) is 20.5. The number of carbonyl (C=O) groups is 1. The molecule has 21 heavy (non-hydrogen) atoms. The van der Waals surface area contributed by atoms with E-state index in [1.807, 2.05) is 0 Å². The third-order valence-corrected chi connectivity index (χ3v) is 4.03. The Balaban J connectivity index is -0.00000180. The van der Waals surface area contributed by atoms with Crippen LogP contribution in [0.4, 0.5) is 0 Å². The number of rotatable bonds is 16. The van der Waals surface area contributed by atoms with E-state index in [-0.39, 0.29) is 36.9 Å². The fourth-order valence-electron chi connectivity index (χ4n) is 2.67. The molecule has 0 aliphatic carbocycles. The minimum Gasteiger partial charge on any atom is -1.00 e. The summed E-state index contributed by atoms with van der Waals surface area (Å²) in [4.78, 5) is 10.6. The van der Waals surface area contributed by atoms with E-state index in [9.17, 15) is 4.79 Å². The average Bonchev–Trinajstić information content (AvgIpc) is 2.43. The summed E-state index contributed by atoms with van der Waals surface area (Å²) in [6.07, 6.45) is 20.9. The number of hydrogen-bond acceptors (Lipinski definition) is 1. The SMILES string of the molecule is CCCCCCCCCCCCCCCCCC(N)=O.[H-].[Na+]. The van der Waals surface area contributed by atoms with Crippen LogP contribution in [0.1, 0.15) is 111 Å². The molecule has 0 aliphatic heterocycles. The zero-order valence-corrected chi connectivity index (χ0v) is 16.8. The van der Waals surface area contributed by atoms with Crippen LogP contribution in [0.5, 0.6) is 0 Å². The van der Waals surface area contributed by atoms with Crippen LogP contribution < -0.4 is 35.3 Å². The van der Waals surface area contributed by atoms with Crippen LogP contribution in [-0.4, -0.2) is 5.91 Å². The summed E-state index contributed by atoms with van der Waals surface area (Å²) < 4.78 is 0. The van der Waals surface area contributed by atoms with Gasteiger partial charge in [-0.2, -0.15) is 0 Å². The van der Waals surface area contributed by atoms with Crippen LogP contribution in [0.15, 0.2) is 0 Å². The Bertz CT molecular complexity index is 215. The Morgan fingerprint density at radius 1 is 0.667 bits per heavy atom. The number of amides is 1. The van der Waals surface area contributed by atoms with E-state index in [0.717, 1.165) is 6.42 Å². The first-order valence-electron chi connectivity index (χ1n) is 9.05. The summed E-state index contributed by atoms with van der Waals surface area (Å²) >= 11 is 0. The zero-order chi connectivity index (χ0) is 14.9. The summed E-state index contributed by atoms with van der Waals surface area (Å²) in [6, 6.07) is 0. The van der Waals surface area contributed by atoms with Gasteiger partial charge < -0.3 is 7.16 Å². The zero-order valence-electron chi connectivity index (χ0n) is 15.8. The van der Waals surface area contributed by atoms with Gasteiger partial charge in [0.15, 0.2) is 0 Å². The van der Waals surface area contributed by atoms with Crippen molar-refractivity contribution in [3.8, 4) is 0 Å². The van der Waals surface area contributed by atoms with Crippen molar-refractivity contribution >= 4 is 5.91 Å². The van der Waals surface area contributed by atoms with Gasteiger partial charge in [0.05, 0.1) is 0 Å². The molecule has 0 spiro atoms. The Labute approximate surface area is 156 Å². The summed E-state index contributed by atoms with van der Waals surface area (Å²) in [5.74, 6) is -0.153. The molecule has 0 saturated heterocycles. The van der Waals surface area contributed by atoms with Gasteiger partial charge in [-0.25, -0.2) is 0 Å². The van der Waals surface area contributed by atoms with Gasteiger partial charge in [-0.15, -0.1) is 0 Å². The fourth-order valence-corrected chi connectivity index (χ4v) is 2.67.